The molecule has 4 heteroatoms. The zero-order chi connectivity index (χ0) is 11.4. The highest BCUT2D eigenvalue weighted by Gasteiger charge is 1.98. The van der Waals surface area contributed by atoms with Gasteiger partial charge in [0.05, 0.1) is 0 Å². The molecular formula is C12H10ClNOS. The average molecular weight is 252 g/mol. The van der Waals surface area contributed by atoms with Crippen molar-refractivity contribution < 1.29 is 5.11 Å². The number of phenols is 1. The third kappa shape index (κ3) is 3.15. The molecule has 0 aliphatic heterocycles. The minimum absolute atomic E-state index is 0.290. The van der Waals surface area contributed by atoms with E-state index in [1.54, 1.807) is 30.1 Å². The van der Waals surface area contributed by atoms with Crippen molar-refractivity contribution in [3.05, 3.63) is 53.3 Å². The molecule has 0 radical (unpaired) electrons. The van der Waals surface area contributed by atoms with Crippen molar-refractivity contribution in [3.63, 3.8) is 0 Å². The fraction of sp³-hybridized carbons (Fsp3) is 0.0833. The molecule has 0 saturated heterocycles. The minimum atomic E-state index is 0.290. The second kappa shape index (κ2) is 5.23. The quantitative estimate of drug-likeness (QED) is 0.667. The summed E-state index contributed by atoms with van der Waals surface area (Å²) < 4.78 is 0. The Balaban J connectivity index is 2.02. The van der Waals surface area contributed by atoms with E-state index in [1.165, 1.54) is 0 Å². The van der Waals surface area contributed by atoms with Crippen LogP contribution in [-0.2, 0) is 5.75 Å². The number of pyridine rings is 1. The Kier molecular flexibility index (Phi) is 3.70. The number of rotatable bonds is 3. The minimum Gasteiger partial charge on any atom is -0.508 e. The molecule has 0 unspecified atom stereocenters. The summed E-state index contributed by atoms with van der Waals surface area (Å²) in [5.74, 6) is 1.10. The lowest BCUT2D eigenvalue weighted by Gasteiger charge is -2.02. The molecule has 1 heterocycles. The number of hydrogen-bond acceptors (Lipinski definition) is 3. The van der Waals surface area contributed by atoms with E-state index in [0.29, 0.717) is 5.15 Å². The van der Waals surface area contributed by atoms with E-state index < -0.39 is 0 Å². The van der Waals surface area contributed by atoms with E-state index in [2.05, 4.69) is 4.98 Å². The molecule has 2 rings (SSSR count). The Labute approximate surface area is 103 Å². The van der Waals surface area contributed by atoms with Crippen LogP contribution in [0.1, 0.15) is 5.56 Å². The number of aromatic nitrogens is 1. The van der Waals surface area contributed by atoms with Crippen LogP contribution in [0.3, 0.4) is 0 Å². The summed E-state index contributed by atoms with van der Waals surface area (Å²) in [6.07, 6.45) is 1.70. The number of phenolic OH excluding ortho intramolecular Hbond substituents is 1. The van der Waals surface area contributed by atoms with Crippen molar-refractivity contribution >= 4 is 23.4 Å². The van der Waals surface area contributed by atoms with Crippen molar-refractivity contribution in [3.8, 4) is 5.75 Å². The molecule has 0 fully saturated rings. The summed E-state index contributed by atoms with van der Waals surface area (Å²) in [7, 11) is 0. The Morgan fingerprint density at radius 2 is 2.12 bits per heavy atom. The van der Waals surface area contributed by atoms with Gasteiger partial charge in [-0.25, -0.2) is 4.98 Å². The van der Waals surface area contributed by atoms with Crippen LogP contribution >= 0.6 is 23.4 Å². The van der Waals surface area contributed by atoms with Gasteiger partial charge in [0, 0.05) is 16.8 Å². The van der Waals surface area contributed by atoms with Gasteiger partial charge in [-0.2, -0.15) is 0 Å². The molecule has 2 aromatic rings. The largest absolute Gasteiger partial charge is 0.508 e. The number of aromatic hydroxyl groups is 1. The monoisotopic (exact) mass is 251 g/mol. The highest BCUT2D eigenvalue weighted by molar-refractivity contribution is 7.98. The number of nitrogens with zero attached hydrogens (tertiary/aromatic N) is 1. The molecule has 1 aromatic heterocycles. The zero-order valence-electron chi connectivity index (χ0n) is 8.43. The molecule has 0 spiro atoms. The SMILES string of the molecule is Oc1cccc(SCc2ccnc(Cl)c2)c1. The fourth-order valence-corrected chi connectivity index (χ4v) is 2.36. The summed E-state index contributed by atoms with van der Waals surface area (Å²) in [5.41, 5.74) is 1.12. The first-order chi connectivity index (χ1) is 7.74. The van der Waals surface area contributed by atoms with Crippen LogP contribution in [0.2, 0.25) is 5.15 Å². The predicted molar refractivity (Wildman–Crippen MR) is 66.9 cm³/mol. The summed E-state index contributed by atoms with van der Waals surface area (Å²) in [6, 6.07) is 11.0. The lowest BCUT2D eigenvalue weighted by atomic mass is 10.3. The van der Waals surface area contributed by atoms with E-state index in [0.717, 1.165) is 16.2 Å². The average Bonchev–Trinajstić information content (AvgIpc) is 2.27. The molecule has 1 N–H and O–H groups in total. The summed E-state index contributed by atoms with van der Waals surface area (Å²) in [5, 5.41) is 9.82. The van der Waals surface area contributed by atoms with E-state index in [-0.39, 0.29) is 5.75 Å². The van der Waals surface area contributed by atoms with E-state index >= 15 is 0 Å². The highest BCUT2D eigenvalue weighted by Crippen LogP contribution is 2.25. The zero-order valence-corrected chi connectivity index (χ0v) is 10.0. The molecule has 0 saturated carbocycles. The number of benzene rings is 1. The molecular weight excluding hydrogens is 242 g/mol. The molecule has 2 nitrogen and oxygen atoms in total. The predicted octanol–water partition coefficient (Wildman–Crippen LogP) is 3.73. The molecule has 1 aromatic carbocycles. The van der Waals surface area contributed by atoms with Gasteiger partial charge in [-0.05, 0) is 35.9 Å². The standard InChI is InChI=1S/C12H10ClNOS/c13-12-6-9(4-5-14-12)8-16-11-3-1-2-10(15)7-11/h1-7,15H,8H2. The maximum Gasteiger partial charge on any atom is 0.129 e. The van der Waals surface area contributed by atoms with Gasteiger partial charge in [-0.3, -0.25) is 0 Å². The van der Waals surface area contributed by atoms with Crippen molar-refractivity contribution in [1.29, 1.82) is 0 Å². The Morgan fingerprint density at radius 1 is 1.25 bits per heavy atom. The Bertz CT molecular complexity index is 444. The summed E-state index contributed by atoms with van der Waals surface area (Å²) >= 11 is 7.44. The van der Waals surface area contributed by atoms with Crippen molar-refractivity contribution in [2.75, 3.05) is 0 Å². The molecule has 16 heavy (non-hydrogen) atoms. The van der Waals surface area contributed by atoms with Gasteiger partial charge in [0.15, 0.2) is 0 Å². The molecule has 0 aliphatic rings. The Hall–Kier alpha value is -1.19. The first-order valence-electron chi connectivity index (χ1n) is 4.76. The van der Waals surface area contributed by atoms with Gasteiger partial charge >= 0.3 is 0 Å². The second-order valence-corrected chi connectivity index (χ2v) is 4.71. The number of thioether (sulfide) groups is 1. The lowest BCUT2D eigenvalue weighted by molar-refractivity contribution is 0.474. The van der Waals surface area contributed by atoms with Gasteiger partial charge in [0.2, 0.25) is 0 Å². The van der Waals surface area contributed by atoms with Gasteiger partial charge < -0.3 is 5.11 Å². The topological polar surface area (TPSA) is 33.1 Å². The molecule has 0 amide bonds. The molecule has 82 valence electrons. The Morgan fingerprint density at radius 3 is 2.88 bits per heavy atom. The van der Waals surface area contributed by atoms with Gasteiger partial charge in [-0.1, -0.05) is 17.7 Å². The first kappa shape index (κ1) is 11.3. The number of halogens is 1. The van der Waals surface area contributed by atoms with Crippen molar-refractivity contribution in [2.45, 2.75) is 10.6 Å². The maximum atomic E-state index is 9.31. The third-order valence-electron chi connectivity index (χ3n) is 2.01. The van der Waals surface area contributed by atoms with E-state index in [4.69, 9.17) is 11.6 Å². The third-order valence-corrected chi connectivity index (χ3v) is 3.29. The fourth-order valence-electron chi connectivity index (χ4n) is 1.27. The second-order valence-electron chi connectivity index (χ2n) is 3.27. The van der Waals surface area contributed by atoms with E-state index in [1.807, 2.05) is 24.3 Å². The molecule has 0 bridgehead atoms. The molecule has 0 atom stereocenters. The van der Waals surface area contributed by atoms with Gasteiger partial charge in [0.25, 0.3) is 0 Å². The van der Waals surface area contributed by atoms with E-state index in [9.17, 15) is 5.11 Å². The van der Waals surface area contributed by atoms with Gasteiger partial charge in [-0.15, -0.1) is 11.8 Å². The molecule has 0 aliphatic carbocycles. The maximum absolute atomic E-state index is 9.31. The van der Waals surface area contributed by atoms with Crippen LogP contribution < -0.4 is 0 Å². The summed E-state index contributed by atoms with van der Waals surface area (Å²) in [4.78, 5) is 4.96. The van der Waals surface area contributed by atoms with Crippen LogP contribution in [0.4, 0.5) is 0 Å². The first-order valence-corrected chi connectivity index (χ1v) is 6.13. The highest BCUT2D eigenvalue weighted by atomic mass is 35.5. The van der Waals surface area contributed by atoms with Crippen LogP contribution in [0.25, 0.3) is 0 Å². The summed E-state index contributed by atoms with van der Waals surface area (Å²) in [6.45, 7) is 0. The lowest BCUT2D eigenvalue weighted by Crippen LogP contribution is -1.82. The smallest absolute Gasteiger partial charge is 0.129 e. The van der Waals surface area contributed by atoms with Crippen molar-refractivity contribution in [1.82, 2.24) is 4.98 Å². The van der Waals surface area contributed by atoms with Crippen LogP contribution in [0.15, 0.2) is 47.5 Å². The van der Waals surface area contributed by atoms with Gasteiger partial charge in [0.1, 0.15) is 10.9 Å². The normalized spacial score (nSPS) is 10.3. The van der Waals surface area contributed by atoms with Crippen molar-refractivity contribution in [2.24, 2.45) is 0 Å². The number of hydrogen-bond donors (Lipinski definition) is 1. The van der Waals surface area contributed by atoms with Crippen LogP contribution in [0, 0.1) is 0 Å². The van der Waals surface area contributed by atoms with Crippen LogP contribution in [0.5, 0.6) is 5.75 Å². The van der Waals surface area contributed by atoms with Crippen LogP contribution in [-0.4, -0.2) is 10.1 Å².